The summed E-state index contributed by atoms with van der Waals surface area (Å²) in [5.41, 5.74) is 1.94. The van der Waals surface area contributed by atoms with Crippen LogP contribution in [0, 0.1) is 0 Å². The van der Waals surface area contributed by atoms with Crippen molar-refractivity contribution in [1.82, 2.24) is 20.6 Å². The average Bonchev–Trinajstić information content (AvgIpc) is 3.25. The standard InChI is InChI=1S/C24H31N5O2.HI/c1-5-25-23(29-16-21-27-15-20(31-21)24(2,3)4)28-14-19-12-9-13-26-22(19)30-17-18-10-7-6-8-11-18;/h6-13,15H,5,14,16-17H2,1-4H3,(H2,25,28,29);1H. The SMILES string of the molecule is CCNC(=NCc1cccnc1OCc1ccccc1)NCc1ncc(C(C)(C)C)o1.I. The molecule has 8 heteroatoms. The smallest absolute Gasteiger partial charge is 0.218 e. The predicted octanol–water partition coefficient (Wildman–Crippen LogP) is 4.82. The van der Waals surface area contributed by atoms with E-state index in [1.54, 1.807) is 12.4 Å². The lowest BCUT2D eigenvalue weighted by molar-refractivity contribution is 0.290. The highest BCUT2D eigenvalue weighted by molar-refractivity contribution is 14.0. The minimum absolute atomic E-state index is 0. The van der Waals surface area contributed by atoms with E-state index in [0.29, 0.717) is 37.4 Å². The van der Waals surface area contributed by atoms with Gasteiger partial charge >= 0.3 is 0 Å². The van der Waals surface area contributed by atoms with E-state index in [9.17, 15) is 0 Å². The van der Waals surface area contributed by atoms with Crippen LogP contribution in [0.1, 0.15) is 50.5 Å². The minimum atomic E-state index is -0.0691. The Labute approximate surface area is 207 Å². The highest BCUT2D eigenvalue weighted by Crippen LogP contribution is 2.22. The number of hydrogen-bond acceptors (Lipinski definition) is 5. The zero-order chi connectivity index (χ0) is 22.1. The fourth-order valence-electron chi connectivity index (χ4n) is 2.80. The van der Waals surface area contributed by atoms with Crippen LogP contribution in [0.15, 0.2) is 64.3 Å². The van der Waals surface area contributed by atoms with Gasteiger partial charge in [-0.2, -0.15) is 0 Å². The van der Waals surface area contributed by atoms with E-state index >= 15 is 0 Å². The molecule has 0 atom stereocenters. The fraction of sp³-hybridized carbons (Fsp3) is 0.375. The van der Waals surface area contributed by atoms with E-state index in [2.05, 4.69) is 46.4 Å². The summed E-state index contributed by atoms with van der Waals surface area (Å²) in [4.78, 5) is 13.4. The zero-order valence-electron chi connectivity index (χ0n) is 19.1. The summed E-state index contributed by atoms with van der Waals surface area (Å²) >= 11 is 0. The van der Waals surface area contributed by atoms with E-state index in [-0.39, 0.29) is 29.4 Å². The first kappa shape index (κ1) is 25.6. The largest absolute Gasteiger partial charge is 0.473 e. The summed E-state index contributed by atoms with van der Waals surface area (Å²) in [5.74, 6) is 2.76. The molecule has 3 rings (SSSR count). The van der Waals surface area contributed by atoms with Crippen LogP contribution in [-0.4, -0.2) is 22.5 Å². The zero-order valence-corrected chi connectivity index (χ0v) is 21.4. The van der Waals surface area contributed by atoms with Crippen LogP contribution in [-0.2, 0) is 25.1 Å². The summed E-state index contributed by atoms with van der Waals surface area (Å²) in [6.07, 6.45) is 3.51. The van der Waals surface area contributed by atoms with Gasteiger partial charge in [0.05, 0.1) is 19.3 Å². The molecular weight excluding hydrogens is 517 g/mol. The molecule has 1 aromatic carbocycles. The van der Waals surface area contributed by atoms with Crippen molar-refractivity contribution in [2.24, 2.45) is 4.99 Å². The Morgan fingerprint density at radius 1 is 1.06 bits per heavy atom. The normalized spacial score (nSPS) is 11.6. The van der Waals surface area contributed by atoms with Gasteiger partial charge in [0.2, 0.25) is 11.8 Å². The molecule has 2 N–H and O–H groups in total. The van der Waals surface area contributed by atoms with Crippen LogP contribution >= 0.6 is 24.0 Å². The van der Waals surface area contributed by atoms with Gasteiger partial charge in [0.25, 0.3) is 0 Å². The van der Waals surface area contributed by atoms with Crippen LogP contribution in [0.2, 0.25) is 0 Å². The van der Waals surface area contributed by atoms with Crippen molar-refractivity contribution in [3.8, 4) is 5.88 Å². The molecule has 0 aliphatic rings. The molecule has 32 heavy (non-hydrogen) atoms. The second-order valence-electron chi connectivity index (χ2n) is 8.16. The topological polar surface area (TPSA) is 84.6 Å². The summed E-state index contributed by atoms with van der Waals surface area (Å²) in [6.45, 7) is 10.4. The number of oxazole rings is 1. The molecule has 2 heterocycles. The third kappa shape index (κ3) is 7.81. The minimum Gasteiger partial charge on any atom is -0.473 e. The number of guanidine groups is 1. The van der Waals surface area contributed by atoms with E-state index in [1.807, 2.05) is 49.4 Å². The van der Waals surface area contributed by atoms with Crippen LogP contribution in [0.25, 0.3) is 0 Å². The van der Waals surface area contributed by atoms with Crippen LogP contribution < -0.4 is 15.4 Å². The van der Waals surface area contributed by atoms with Crippen molar-refractivity contribution in [1.29, 1.82) is 0 Å². The molecule has 0 saturated heterocycles. The van der Waals surface area contributed by atoms with Gasteiger partial charge in [0.1, 0.15) is 12.4 Å². The van der Waals surface area contributed by atoms with Crippen molar-refractivity contribution in [2.45, 2.75) is 52.8 Å². The summed E-state index contributed by atoms with van der Waals surface area (Å²) < 4.78 is 11.8. The number of aliphatic imine (C=N–C) groups is 1. The third-order valence-electron chi connectivity index (χ3n) is 4.52. The molecule has 0 amide bonds. The summed E-state index contributed by atoms with van der Waals surface area (Å²) in [5, 5.41) is 6.52. The lowest BCUT2D eigenvalue weighted by Crippen LogP contribution is -2.36. The Kier molecular flexibility index (Phi) is 9.96. The molecule has 0 fully saturated rings. The van der Waals surface area contributed by atoms with Gasteiger partial charge in [0, 0.05) is 23.7 Å². The van der Waals surface area contributed by atoms with Gasteiger partial charge in [-0.25, -0.2) is 15.0 Å². The first-order chi connectivity index (χ1) is 15.0. The van der Waals surface area contributed by atoms with Crippen molar-refractivity contribution in [3.63, 3.8) is 0 Å². The number of pyridine rings is 1. The second-order valence-corrected chi connectivity index (χ2v) is 8.16. The highest BCUT2D eigenvalue weighted by Gasteiger charge is 2.19. The lowest BCUT2D eigenvalue weighted by atomic mass is 9.94. The predicted molar refractivity (Wildman–Crippen MR) is 137 cm³/mol. The van der Waals surface area contributed by atoms with E-state index in [1.165, 1.54) is 0 Å². The number of rotatable bonds is 8. The average molecular weight is 549 g/mol. The molecule has 0 aliphatic carbocycles. The van der Waals surface area contributed by atoms with Crippen molar-refractivity contribution in [3.05, 3.63) is 77.6 Å². The highest BCUT2D eigenvalue weighted by atomic mass is 127. The molecule has 3 aromatic rings. The molecule has 7 nitrogen and oxygen atoms in total. The fourth-order valence-corrected chi connectivity index (χ4v) is 2.80. The maximum atomic E-state index is 5.93. The van der Waals surface area contributed by atoms with Gasteiger partial charge in [-0.3, -0.25) is 0 Å². The van der Waals surface area contributed by atoms with Crippen molar-refractivity contribution < 1.29 is 9.15 Å². The Balaban J connectivity index is 0.00000363. The Hall–Kier alpha value is -2.62. The Bertz CT molecular complexity index is 983. The summed E-state index contributed by atoms with van der Waals surface area (Å²) in [7, 11) is 0. The lowest BCUT2D eigenvalue weighted by Gasteiger charge is -2.13. The molecule has 0 spiro atoms. The molecule has 0 saturated carbocycles. The van der Waals surface area contributed by atoms with E-state index in [4.69, 9.17) is 9.15 Å². The number of nitrogens with zero attached hydrogens (tertiary/aromatic N) is 3. The molecule has 0 radical (unpaired) electrons. The first-order valence-electron chi connectivity index (χ1n) is 10.5. The second kappa shape index (κ2) is 12.4. The number of hydrogen-bond donors (Lipinski definition) is 2. The van der Waals surface area contributed by atoms with Crippen LogP contribution in [0.4, 0.5) is 0 Å². The van der Waals surface area contributed by atoms with Gasteiger partial charge < -0.3 is 19.8 Å². The van der Waals surface area contributed by atoms with Gasteiger partial charge in [-0.1, -0.05) is 57.2 Å². The molecule has 172 valence electrons. The van der Waals surface area contributed by atoms with Crippen molar-refractivity contribution in [2.75, 3.05) is 6.54 Å². The monoisotopic (exact) mass is 549 g/mol. The summed E-state index contributed by atoms with van der Waals surface area (Å²) in [6, 6.07) is 13.9. The number of aromatic nitrogens is 2. The van der Waals surface area contributed by atoms with Crippen molar-refractivity contribution >= 4 is 29.9 Å². The Morgan fingerprint density at radius 2 is 1.84 bits per heavy atom. The number of ether oxygens (including phenoxy) is 1. The molecule has 0 bridgehead atoms. The Morgan fingerprint density at radius 3 is 2.53 bits per heavy atom. The maximum absolute atomic E-state index is 5.93. The molecule has 0 aliphatic heterocycles. The quantitative estimate of drug-likeness (QED) is 0.238. The maximum Gasteiger partial charge on any atom is 0.218 e. The van der Waals surface area contributed by atoms with Gasteiger partial charge in [-0.15, -0.1) is 24.0 Å². The van der Waals surface area contributed by atoms with E-state index in [0.717, 1.165) is 23.4 Å². The number of benzene rings is 1. The first-order valence-corrected chi connectivity index (χ1v) is 10.5. The van der Waals surface area contributed by atoms with Gasteiger partial charge in [0.15, 0.2) is 5.96 Å². The van der Waals surface area contributed by atoms with Gasteiger partial charge in [-0.05, 0) is 18.6 Å². The van der Waals surface area contributed by atoms with Crippen LogP contribution in [0.5, 0.6) is 5.88 Å². The number of halogens is 1. The molecule has 2 aromatic heterocycles. The van der Waals surface area contributed by atoms with E-state index < -0.39 is 0 Å². The number of nitrogens with one attached hydrogen (secondary N) is 2. The van der Waals surface area contributed by atoms with Crippen LogP contribution in [0.3, 0.4) is 0 Å². The molecule has 0 unspecified atom stereocenters. The third-order valence-corrected chi connectivity index (χ3v) is 4.52. The molecular formula is C24H32IN5O2.